The Kier molecular flexibility index (Phi) is 4.70. The maximum atomic E-state index is 13.8. The van der Waals surface area contributed by atoms with Crippen LogP contribution in [0.15, 0.2) is 42.5 Å². The van der Waals surface area contributed by atoms with Gasteiger partial charge in [-0.15, -0.1) is 0 Å². The lowest BCUT2D eigenvalue weighted by Crippen LogP contribution is -2.24. The Hall–Kier alpha value is -3.22. The van der Waals surface area contributed by atoms with E-state index in [2.05, 4.69) is 5.32 Å². The van der Waals surface area contributed by atoms with Gasteiger partial charge in [0.2, 0.25) is 5.91 Å². The lowest BCUT2D eigenvalue weighted by molar-refractivity contribution is 0.0695. The predicted molar refractivity (Wildman–Crippen MR) is 79.5 cm³/mol. The molecule has 0 aliphatic rings. The summed E-state index contributed by atoms with van der Waals surface area (Å²) in [6.07, 6.45) is 0. The Morgan fingerprint density at radius 3 is 2.43 bits per heavy atom. The van der Waals surface area contributed by atoms with Crippen LogP contribution >= 0.6 is 0 Å². The maximum absolute atomic E-state index is 13.8. The van der Waals surface area contributed by atoms with E-state index in [0.717, 1.165) is 18.2 Å². The molecule has 0 spiro atoms. The third kappa shape index (κ3) is 3.91. The Labute approximate surface area is 130 Å². The molecule has 2 amide bonds. The second-order valence-corrected chi connectivity index (χ2v) is 4.75. The molecular weight excluding hydrogens is 303 g/mol. The van der Waals surface area contributed by atoms with E-state index in [1.165, 1.54) is 12.1 Å². The van der Waals surface area contributed by atoms with Crippen molar-refractivity contribution >= 4 is 17.8 Å². The number of amides is 2. The lowest BCUT2D eigenvalue weighted by atomic mass is 10.1. The molecule has 7 heteroatoms. The molecule has 0 aliphatic heterocycles. The van der Waals surface area contributed by atoms with Gasteiger partial charge >= 0.3 is 5.97 Å². The van der Waals surface area contributed by atoms with Crippen LogP contribution in [0.1, 0.15) is 36.6 Å². The predicted octanol–water partition coefficient (Wildman–Crippen LogP) is 1.55. The first kappa shape index (κ1) is 16.2. The van der Waals surface area contributed by atoms with Crippen LogP contribution in [0.2, 0.25) is 0 Å². The number of primary amides is 1. The normalized spacial score (nSPS) is 10.1. The molecule has 0 saturated carbocycles. The number of rotatable bonds is 5. The van der Waals surface area contributed by atoms with E-state index in [-0.39, 0.29) is 17.7 Å². The molecule has 0 saturated heterocycles. The average Bonchev–Trinajstić information content (AvgIpc) is 2.52. The number of nitrogens with two attached hydrogens (primary N) is 1. The van der Waals surface area contributed by atoms with E-state index < -0.39 is 23.6 Å². The van der Waals surface area contributed by atoms with E-state index in [1.54, 1.807) is 12.1 Å². The summed E-state index contributed by atoms with van der Waals surface area (Å²) < 4.78 is 13.8. The van der Waals surface area contributed by atoms with Gasteiger partial charge in [0.05, 0.1) is 11.1 Å². The van der Waals surface area contributed by atoms with Crippen molar-refractivity contribution in [3.8, 4) is 0 Å². The zero-order chi connectivity index (χ0) is 17.0. The van der Waals surface area contributed by atoms with Crippen molar-refractivity contribution in [3.05, 3.63) is 70.5 Å². The highest BCUT2D eigenvalue weighted by Crippen LogP contribution is 2.11. The fourth-order valence-electron chi connectivity index (χ4n) is 1.94. The fraction of sp³-hybridized carbons (Fsp3) is 0.0625. The Balaban J connectivity index is 2.09. The molecule has 2 rings (SSSR count). The third-order valence-electron chi connectivity index (χ3n) is 3.13. The molecule has 0 unspecified atom stereocenters. The maximum Gasteiger partial charge on any atom is 0.335 e. The third-order valence-corrected chi connectivity index (χ3v) is 3.13. The number of carboxylic acid groups (broad SMARTS) is 1. The largest absolute Gasteiger partial charge is 0.478 e. The number of halogens is 1. The van der Waals surface area contributed by atoms with Crippen molar-refractivity contribution in [2.45, 2.75) is 6.54 Å². The van der Waals surface area contributed by atoms with E-state index >= 15 is 0 Å². The standard InChI is InChI=1S/C16H13FN2O4/c17-13-7-11(16(22)23)4-5-12(13)15(21)19-8-9-2-1-3-10(6-9)14(18)20/h1-7H,8H2,(H2,18,20)(H,19,21)(H,22,23). The molecule has 4 N–H and O–H groups in total. The smallest absolute Gasteiger partial charge is 0.335 e. The van der Waals surface area contributed by atoms with Crippen molar-refractivity contribution in [1.29, 1.82) is 0 Å². The summed E-state index contributed by atoms with van der Waals surface area (Å²) in [5.74, 6) is -3.48. The minimum absolute atomic E-state index is 0.0695. The SMILES string of the molecule is NC(=O)c1cccc(CNC(=O)c2ccc(C(=O)O)cc2F)c1. The Morgan fingerprint density at radius 2 is 1.83 bits per heavy atom. The molecule has 0 atom stereocenters. The first-order chi connectivity index (χ1) is 10.9. The van der Waals surface area contributed by atoms with Gasteiger partial charge in [0.25, 0.3) is 5.91 Å². The number of carboxylic acids is 1. The van der Waals surface area contributed by atoms with Crippen molar-refractivity contribution in [3.63, 3.8) is 0 Å². The zero-order valence-corrected chi connectivity index (χ0v) is 11.9. The van der Waals surface area contributed by atoms with Gasteiger partial charge in [-0.2, -0.15) is 0 Å². The van der Waals surface area contributed by atoms with E-state index in [0.29, 0.717) is 11.1 Å². The fourth-order valence-corrected chi connectivity index (χ4v) is 1.94. The quantitative estimate of drug-likeness (QED) is 0.777. The van der Waals surface area contributed by atoms with Crippen LogP contribution in [-0.2, 0) is 6.54 Å². The molecule has 118 valence electrons. The summed E-state index contributed by atoms with van der Waals surface area (Å²) in [5, 5.41) is 11.2. The van der Waals surface area contributed by atoms with Crippen LogP contribution in [-0.4, -0.2) is 22.9 Å². The zero-order valence-electron chi connectivity index (χ0n) is 11.9. The molecule has 0 radical (unpaired) electrons. The van der Waals surface area contributed by atoms with Gasteiger partial charge in [0.1, 0.15) is 5.82 Å². The lowest BCUT2D eigenvalue weighted by Gasteiger charge is -2.07. The number of aromatic carboxylic acids is 1. The van der Waals surface area contributed by atoms with Gasteiger partial charge in [-0.05, 0) is 35.9 Å². The Morgan fingerprint density at radius 1 is 1.09 bits per heavy atom. The number of nitrogens with one attached hydrogen (secondary N) is 1. The number of carbonyl (C=O) groups is 3. The average molecular weight is 316 g/mol. The molecule has 0 heterocycles. The summed E-state index contributed by atoms with van der Waals surface area (Å²) in [5.41, 5.74) is 5.58. The van der Waals surface area contributed by atoms with Gasteiger partial charge in [0, 0.05) is 12.1 Å². The molecule has 0 aliphatic carbocycles. The minimum Gasteiger partial charge on any atom is -0.478 e. The van der Waals surface area contributed by atoms with E-state index in [4.69, 9.17) is 10.8 Å². The van der Waals surface area contributed by atoms with Crippen molar-refractivity contribution in [2.75, 3.05) is 0 Å². The second-order valence-electron chi connectivity index (χ2n) is 4.75. The summed E-state index contributed by atoms with van der Waals surface area (Å²) in [4.78, 5) is 33.8. The number of hydrogen-bond donors (Lipinski definition) is 3. The first-order valence-corrected chi connectivity index (χ1v) is 6.58. The van der Waals surface area contributed by atoms with Gasteiger partial charge in [-0.25, -0.2) is 9.18 Å². The van der Waals surface area contributed by atoms with Crippen molar-refractivity contribution in [2.24, 2.45) is 5.73 Å². The van der Waals surface area contributed by atoms with Crippen LogP contribution in [0.5, 0.6) is 0 Å². The molecule has 0 aromatic heterocycles. The van der Waals surface area contributed by atoms with Crippen LogP contribution in [0.3, 0.4) is 0 Å². The summed E-state index contributed by atoms with van der Waals surface area (Å²) in [6, 6.07) is 9.39. The van der Waals surface area contributed by atoms with Crippen molar-refractivity contribution < 1.29 is 23.9 Å². The van der Waals surface area contributed by atoms with Crippen LogP contribution < -0.4 is 11.1 Å². The van der Waals surface area contributed by atoms with E-state index in [1.807, 2.05) is 0 Å². The topological polar surface area (TPSA) is 109 Å². The molecule has 0 fully saturated rings. The van der Waals surface area contributed by atoms with Crippen LogP contribution in [0.25, 0.3) is 0 Å². The number of hydrogen-bond acceptors (Lipinski definition) is 3. The van der Waals surface area contributed by atoms with Crippen LogP contribution in [0.4, 0.5) is 4.39 Å². The monoisotopic (exact) mass is 316 g/mol. The van der Waals surface area contributed by atoms with Gasteiger partial charge in [-0.3, -0.25) is 9.59 Å². The molecule has 6 nitrogen and oxygen atoms in total. The van der Waals surface area contributed by atoms with Gasteiger partial charge in [0.15, 0.2) is 0 Å². The number of benzene rings is 2. The highest BCUT2D eigenvalue weighted by atomic mass is 19.1. The molecule has 0 bridgehead atoms. The number of carbonyl (C=O) groups excluding carboxylic acids is 2. The molecule has 23 heavy (non-hydrogen) atoms. The summed E-state index contributed by atoms with van der Waals surface area (Å²) in [6.45, 7) is 0.0695. The first-order valence-electron chi connectivity index (χ1n) is 6.58. The highest BCUT2D eigenvalue weighted by Gasteiger charge is 2.14. The molecular formula is C16H13FN2O4. The van der Waals surface area contributed by atoms with Gasteiger partial charge < -0.3 is 16.2 Å². The minimum atomic E-state index is -1.28. The Bertz CT molecular complexity index is 789. The van der Waals surface area contributed by atoms with E-state index in [9.17, 15) is 18.8 Å². The molecule has 2 aromatic carbocycles. The van der Waals surface area contributed by atoms with Gasteiger partial charge in [-0.1, -0.05) is 12.1 Å². The second kappa shape index (κ2) is 6.69. The van der Waals surface area contributed by atoms with Crippen LogP contribution in [0, 0.1) is 5.82 Å². The molecule has 2 aromatic rings. The highest BCUT2D eigenvalue weighted by molar-refractivity contribution is 5.96. The summed E-state index contributed by atoms with van der Waals surface area (Å²) >= 11 is 0. The van der Waals surface area contributed by atoms with Crippen molar-refractivity contribution in [1.82, 2.24) is 5.32 Å². The summed E-state index contributed by atoms with van der Waals surface area (Å²) in [7, 11) is 0.